The van der Waals surface area contributed by atoms with Gasteiger partial charge in [-0.3, -0.25) is 0 Å². The van der Waals surface area contributed by atoms with E-state index >= 15 is 0 Å². The van der Waals surface area contributed by atoms with Gasteiger partial charge in [0.2, 0.25) is 0 Å². The lowest BCUT2D eigenvalue weighted by Gasteiger charge is -2.59. The lowest BCUT2D eigenvalue weighted by molar-refractivity contribution is -0.198. The molecule has 16 heavy (non-hydrogen) atoms. The minimum atomic E-state index is 0.148. The molecule has 0 aromatic heterocycles. The molecule has 2 nitrogen and oxygen atoms in total. The molecule has 2 rings (SSSR count). The van der Waals surface area contributed by atoms with Gasteiger partial charge >= 0.3 is 0 Å². The molecule has 0 amide bonds. The van der Waals surface area contributed by atoms with E-state index in [1.165, 1.54) is 19.3 Å². The maximum atomic E-state index is 6.13. The van der Waals surface area contributed by atoms with Gasteiger partial charge in [0, 0.05) is 12.6 Å². The van der Waals surface area contributed by atoms with Crippen molar-refractivity contribution < 1.29 is 4.74 Å². The van der Waals surface area contributed by atoms with Crippen LogP contribution in [-0.2, 0) is 4.74 Å². The van der Waals surface area contributed by atoms with Gasteiger partial charge in [-0.1, -0.05) is 34.6 Å². The van der Waals surface area contributed by atoms with Crippen LogP contribution >= 0.6 is 0 Å². The molecule has 2 aliphatic rings. The molecule has 1 heterocycles. The fraction of sp³-hybridized carbons (Fsp3) is 1.00. The maximum Gasteiger partial charge on any atom is 0.0845 e. The van der Waals surface area contributed by atoms with Crippen LogP contribution in [-0.4, -0.2) is 24.8 Å². The van der Waals surface area contributed by atoms with Gasteiger partial charge in [-0.25, -0.2) is 0 Å². The van der Waals surface area contributed by atoms with E-state index in [0.29, 0.717) is 16.9 Å². The number of nitrogens with one attached hydrogen (secondary N) is 1. The van der Waals surface area contributed by atoms with Crippen LogP contribution in [0.1, 0.15) is 53.9 Å². The average Bonchev–Trinajstić information content (AvgIpc) is 2.03. The van der Waals surface area contributed by atoms with Crippen molar-refractivity contribution in [1.82, 2.24) is 5.32 Å². The van der Waals surface area contributed by atoms with Gasteiger partial charge in [-0.05, 0) is 30.1 Å². The van der Waals surface area contributed by atoms with Gasteiger partial charge in [0.15, 0.2) is 0 Å². The molecule has 1 unspecified atom stereocenters. The summed E-state index contributed by atoms with van der Waals surface area (Å²) < 4.78 is 6.13. The van der Waals surface area contributed by atoms with E-state index in [-0.39, 0.29) is 5.60 Å². The molecule has 0 aromatic carbocycles. The van der Waals surface area contributed by atoms with Crippen LogP contribution in [0.2, 0.25) is 0 Å². The topological polar surface area (TPSA) is 21.3 Å². The first kappa shape index (κ1) is 12.4. The van der Waals surface area contributed by atoms with Crippen molar-refractivity contribution in [3.05, 3.63) is 0 Å². The quantitative estimate of drug-likeness (QED) is 0.741. The summed E-state index contributed by atoms with van der Waals surface area (Å²) in [7, 11) is 0. The molecule has 1 saturated heterocycles. The molecule has 1 saturated carbocycles. The summed E-state index contributed by atoms with van der Waals surface area (Å²) in [5.41, 5.74) is 1.01. The Kier molecular flexibility index (Phi) is 2.87. The molecule has 2 heteroatoms. The smallest absolute Gasteiger partial charge is 0.0845 e. The Balaban J connectivity index is 2.05. The zero-order chi connectivity index (χ0) is 12.0. The lowest BCUT2D eigenvalue weighted by Crippen LogP contribution is -2.66. The second-order valence-corrected chi connectivity index (χ2v) is 7.70. The molecule has 1 aliphatic carbocycles. The number of morpholine rings is 1. The average molecular weight is 225 g/mol. The monoisotopic (exact) mass is 225 g/mol. The largest absolute Gasteiger partial charge is 0.372 e. The van der Waals surface area contributed by atoms with Crippen molar-refractivity contribution in [3.8, 4) is 0 Å². The molecule has 94 valence electrons. The predicted octanol–water partition coefficient (Wildman–Crippen LogP) is 2.97. The molecule has 1 aliphatic heterocycles. The summed E-state index contributed by atoms with van der Waals surface area (Å²) in [5, 5.41) is 3.68. The molecular weight excluding hydrogens is 198 g/mol. The second-order valence-electron chi connectivity index (χ2n) is 7.70. The Bertz CT molecular complexity index is 256. The van der Waals surface area contributed by atoms with E-state index in [4.69, 9.17) is 4.74 Å². The standard InChI is InChI=1S/C14H27NO/c1-12(2,3)8-11-14(16-7-6-15-11)9-13(4,5)10-14/h11,15H,6-10H2,1-5H3. The third-order valence-electron chi connectivity index (χ3n) is 3.89. The van der Waals surface area contributed by atoms with Gasteiger partial charge in [0.05, 0.1) is 12.2 Å². The number of rotatable bonds is 1. The van der Waals surface area contributed by atoms with Crippen LogP contribution in [0.5, 0.6) is 0 Å². The highest BCUT2D eigenvalue weighted by atomic mass is 16.5. The summed E-state index contributed by atoms with van der Waals surface area (Å²) in [6, 6.07) is 0.550. The molecule has 1 N–H and O–H groups in total. The lowest BCUT2D eigenvalue weighted by atomic mass is 9.56. The Morgan fingerprint density at radius 3 is 2.38 bits per heavy atom. The van der Waals surface area contributed by atoms with E-state index in [1.54, 1.807) is 0 Å². The van der Waals surface area contributed by atoms with Gasteiger partial charge in [0.25, 0.3) is 0 Å². The number of ether oxygens (including phenoxy) is 1. The van der Waals surface area contributed by atoms with Crippen LogP contribution in [0.25, 0.3) is 0 Å². The highest BCUT2D eigenvalue weighted by Gasteiger charge is 2.56. The SMILES string of the molecule is CC(C)(C)CC1NCCOC12CC(C)(C)C2. The van der Waals surface area contributed by atoms with Crippen molar-refractivity contribution in [2.75, 3.05) is 13.2 Å². The number of hydrogen-bond acceptors (Lipinski definition) is 2. The maximum absolute atomic E-state index is 6.13. The third-order valence-corrected chi connectivity index (χ3v) is 3.89. The molecule has 0 aromatic rings. The first-order valence-electron chi connectivity index (χ1n) is 6.60. The highest BCUT2D eigenvalue weighted by Crippen LogP contribution is 2.53. The summed E-state index contributed by atoms with van der Waals surface area (Å²) in [4.78, 5) is 0. The third kappa shape index (κ3) is 2.43. The Hall–Kier alpha value is -0.0800. The van der Waals surface area contributed by atoms with Crippen molar-refractivity contribution in [1.29, 1.82) is 0 Å². The molecule has 1 spiro atoms. The summed E-state index contributed by atoms with van der Waals surface area (Å²) in [6.45, 7) is 13.6. The number of hydrogen-bond donors (Lipinski definition) is 1. The van der Waals surface area contributed by atoms with E-state index in [1.807, 2.05) is 0 Å². The zero-order valence-electron chi connectivity index (χ0n) is 11.5. The van der Waals surface area contributed by atoms with E-state index in [2.05, 4.69) is 39.9 Å². The van der Waals surface area contributed by atoms with Crippen molar-refractivity contribution in [3.63, 3.8) is 0 Å². The van der Waals surface area contributed by atoms with Crippen molar-refractivity contribution in [2.45, 2.75) is 65.5 Å². The first-order valence-corrected chi connectivity index (χ1v) is 6.60. The second kappa shape index (κ2) is 3.71. The van der Waals surface area contributed by atoms with Crippen molar-refractivity contribution >= 4 is 0 Å². The normalized spacial score (nSPS) is 32.4. The molecule has 1 atom stereocenters. The minimum absolute atomic E-state index is 0.148. The fourth-order valence-electron chi connectivity index (χ4n) is 3.56. The van der Waals surface area contributed by atoms with Gasteiger partial charge in [-0.15, -0.1) is 0 Å². The van der Waals surface area contributed by atoms with Gasteiger partial charge in [0.1, 0.15) is 0 Å². The van der Waals surface area contributed by atoms with Crippen LogP contribution in [0.15, 0.2) is 0 Å². The van der Waals surface area contributed by atoms with E-state index in [0.717, 1.165) is 13.2 Å². The van der Waals surface area contributed by atoms with Crippen LogP contribution in [0.4, 0.5) is 0 Å². The molecule has 0 bridgehead atoms. The Labute approximate surface area is 100 Å². The van der Waals surface area contributed by atoms with Gasteiger partial charge < -0.3 is 10.1 Å². The predicted molar refractivity (Wildman–Crippen MR) is 67.6 cm³/mol. The van der Waals surface area contributed by atoms with Crippen LogP contribution < -0.4 is 5.32 Å². The highest BCUT2D eigenvalue weighted by molar-refractivity contribution is 5.09. The van der Waals surface area contributed by atoms with Crippen LogP contribution in [0, 0.1) is 10.8 Å². The van der Waals surface area contributed by atoms with E-state index in [9.17, 15) is 0 Å². The molecular formula is C14H27NO. The Morgan fingerprint density at radius 2 is 1.88 bits per heavy atom. The minimum Gasteiger partial charge on any atom is -0.372 e. The fourth-order valence-corrected chi connectivity index (χ4v) is 3.56. The van der Waals surface area contributed by atoms with Crippen LogP contribution in [0.3, 0.4) is 0 Å². The molecule has 0 radical (unpaired) electrons. The van der Waals surface area contributed by atoms with Crippen molar-refractivity contribution in [2.24, 2.45) is 10.8 Å². The van der Waals surface area contributed by atoms with Gasteiger partial charge in [-0.2, -0.15) is 0 Å². The summed E-state index contributed by atoms with van der Waals surface area (Å²) >= 11 is 0. The summed E-state index contributed by atoms with van der Waals surface area (Å²) in [5.74, 6) is 0. The first-order chi connectivity index (χ1) is 7.23. The summed E-state index contributed by atoms with van der Waals surface area (Å²) in [6.07, 6.45) is 3.64. The Morgan fingerprint density at radius 1 is 1.25 bits per heavy atom. The van der Waals surface area contributed by atoms with E-state index < -0.39 is 0 Å². The zero-order valence-corrected chi connectivity index (χ0v) is 11.5. The molecule has 2 fully saturated rings.